The summed E-state index contributed by atoms with van der Waals surface area (Å²) < 4.78 is 11.8. The van der Waals surface area contributed by atoms with Crippen molar-refractivity contribution in [1.82, 2.24) is 5.32 Å². The molecule has 13 heavy (non-hydrogen) atoms. The van der Waals surface area contributed by atoms with Gasteiger partial charge < -0.3 is 5.32 Å². The van der Waals surface area contributed by atoms with E-state index in [1.54, 1.807) is 0 Å². The van der Waals surface area contributed by atoms with Crippen molar-refractivity contribution < 1.29 is 4.39 Å². The molecular formula is C11H22FN. The van der Waals surface area contributed by atoms with Crippen LogP contribution in [-0.4, -0.2) is 19.8 Å². The number of hydrogen-bond donors (Lipinski definition) is 1. The lowest BCUT2D eigenvalue weighted by Crippen LogP contribution is -2.20. The third-order valence-corrected chi connectivity index (χ3v) is 4.16. The summed E-state index contributed by atoms with van der Waals surface area (Å²) in [4.78, 5) is 0. The Morgan fingerprint density at radius 2 is 1.69 bits per heavy atom. The van der Waals surface area contributed by atoms with Gasteiger partial charge in [-0.05, 0) is 36.3 Å². The lowest BCUT2D eigenvalue weighted by atomic mass is 10.0. The zero-order valence-corrected chi connectivity index (χ0v) is 9.28. The highest BCUT2D eigenvalue weighted by Gasteiger charge is 2.63. The van der Waals surface area contributed by atoms with Gasteiger partial charge in [0, 0.05) is 0 Å². The van der Waals surface area contributed by atoms with Crippen LogP contribution in [0.4, 0.5) is 4.39 Å². The highest BCUT2D eigenvalue weighted by Crippen LogP contribution is 2.67. The Labute approximate surface area is 81.1 Å². The SMILES string of the molecule is CC1(C)C(CNCCCF)C1(C)C. The molecule has 0 aromatic carbocycles. The van der Waals surface area contributed by atoms with E-state index in [-0.39, 0.29) is 6.67 Å². The summed E-state index contributed by atoms with van der Waals surface area (Å²) in [6.45, 7) is 10.9. The van der Waals surface area contributed by atoms with Gasteiger partial charge in [-0.1, -0.05) is 27.7 Å². The quantitative estimate of drug-likeness (QED) is 0.652. The highest BCUT2D eigenvalue weighted by molar-refractivity contribution is 5.12. The number of hydrogen-bond acceptors (Lipinski definition) is 1. The molecule has 0 aromatic rings. The molecule has 1 rings (SSSR count). The Balaban J connectivity index is 2.19. The Hall–Kier alpha value is -0.110. The van der Waals surface area contributed by atoms with Gasteiger partial charge in [-0.15, -0.1) is 0 Å². The summed E-state index contributed by atoms with van der Waals surface area (Å²) in [6, 6.07) is 0. The van der Waals surface area contributed by atoms with Gasteiger partial charge in [-0.2, -0.15) is 0 Å². The van der Waals surface area contributed by atoms with Crippen LogP contribution in [0.2, 0.25) is 0 Å². The topological polar surface area (TPSA) is 12.0 Å². The molecular weight excluding hydrogens is 165 g/mol. The van der Waals surface area contributed by atoms with E-state index in [4.69, 9.17) is 0 Å². The first-order chi connectivity index (χ1) is 5.94. The average Bonchev–Trinajstić information content (AvgIpc) is 2.39. The molecule has 0 amide bonds. The molecule has 1 fully saturated rings. The maximum Gasteiger partial charge on any atom is 0.0906 e. The van der Waals surface area contributed by atoms with E-state index < -0.39 is 0 Å². The van der Waals surface area contributed by atoms with Crippen molar-refractivity contribution in [3.63, 3.8) is 0 Å². The summed E-state index contributed by atoms with van der Waals surface area (Å²) in [5, 5.41) is 3.32. The summed E-state index contributed by atoms with van der Waals surface area (Å²) in [5.74, 6) is 0.750. The van der Waals surface area contributed by atoms with Crippen LogP contribution in [0.1, 0.15) is 34.1 Å². The van der Waals surface area contributed by atoms with Crippen molar-refractivity contribution in [2.24, 2.45) is 16.7 Å². The molecule has 0 saturated heterocycles. The fourth-order valence-corrected chi connectivity index (χ4v) is 2.28. The van der Waals surface area contributed by atoms with E-state index in [1.165, 1.54) is 0 Å². The lowest BCUT2D eigenvalue weighted by Gasteiger charge is -2.04. The summed E-state index contributed by atoms with van der Waals surface area (Å²) >= 11 is 0. The highest BCUT2D eigenvalue weighted by atomic mass is 19.1. The van der Waals surface area contributed by atoms with E-state index >= 15 is 0 Å². The van der Waals surface area contributed by atoms with Crippen molar-refractivity contribution >= 4 is 0 Å². The largest absolute Gasteiger partial charge is 0.316 e. The van der Waals surface area contributed by atoms with E-state index in [2.05, 4.69) is 33.0 Å². The third-order valence-electron chi connectivity index (χ3n) is 4.16. The second kappa shape index (κ2) is 3.56. The minimum atomic E-state index is -0.204. The summed E-state index contributed by atoms with van der Waals surface area (Å²) in [6.07, 6.45) is 0.646. The maximum absolute atomic E-state index is 11.8. The minimum absolute atomic E-state index is 0.204. The van der Waals surface area contributed by atoms with Crippen molar-refractivity contribution in [2.45, 2.75) is 34.1 Å². The van der Waals surface area contributed by atoms with Crippen molar-refractivity contribution in [3.05, 3.63) is 0 Å². The normalized spacial score (nSPS) is 24.7. The molecule has 0 radical (unpaired) electrons. The fraction of sp³-hybridized carbons (Fsp3) is 1.00. The van der Waals surface area contributed by atoms with E-state index in [0.717, 1.165) is 19.0 Å². The number of nitrogens with one attached hydrogen (secondary N) is 1. The molecule has 0 aromatic heterocycles. The van der Waals surface area contributed by atoms with Crippen molar-refractivity contribution in [1.29, 1.82) is 0 Å². The molecule has 0 heterocycles. The van der Waals surface area contributed by atoms with E-state index in [9.17, 15) is 4.39 Å². The molecule has 0 spiro atoms. The zero-order chi connectivity index (χ0) is 10.1. The molecule has 1 nitrogen and oxygen atoms in total. The molecule has 0 atom stereocenters. The van der Waals surface area contributed by atoms with Gasteiger partial charge in [0.1, 0.15) is 0 Å². The predicted octanol–water partition coefficient (Wildman–Crippen LogP) is 2.62. The third kappa shape index (κ3) is 1.88. The molecule has 1 N–H and O–H groups in total. The number of rotatable bonds is 5. The fourth-order valence-electron chi connectivity index (χ4n) is 2.28. The van der Waals surface area contributed by atoms with Crippen LogP contribution in [0.25, 0.3) is 0 Å². The number of alkyl halides is 1. The summed E-state index contributed by atoms with van der Waals surface area (Å²) in [5.41, 5.74) is 0.908. The maximum atomic E-state index is 11.8. The van der Waals surface area contributed by atoms with Crippen LogP contribution in [0.3, 0.4) is 0 Å². The lowest BCUT2D eigenvalue weighted by molar-refractivity contribution is 0.448. The number of halogens is 1. The second-order valence-corrected chi connectivity index (χ2v) is 5.24. The average molecular weight is 187 g/mol. The van der Waals surface area contributed by atoms with Gasteiger partial charge in [-0.3, -0.25) is 4.39 Å². The van der Waals surface area contributed by atoms with E-state index in [1.807, 2.05) is 0 Å². The minimum Gasteiger partial charge on any atom is -0.316 e. The Bertz CT molecular complexity index is 161. The molecule has 2 heteroatoms. The molecule has 1 saturated carbocycles. The summed E-state index contributed by atoms with van der Waals surface area (Å²) in [7, 11) is 0. The van der Waals surface area contributed by atoms with Gasteiger partial charge in [0.2, 0.25) is 0 Å². The van der Waals surface area contributed by atoms with Gasteiger partial charge in [0.15, 0.2) is 0 Å². The molecule has 0 aliphatic heterocycles. The van der Waals surface area contributed by atoms with Crippen LogP contribution in [-0.2, 0) is 0 Å². The predicted molar refractivity (Wildman–Crippen MR) is 54.5 cm³/mol. The van der Waals surface area contributed by atoms with Crippen LogP contribution in [0.15, 0.2) is 0 Å². The second-order valence-electron chi connectivity index (χ2n) is 5.24. The van der Waals surface area contributed by atoms with Crippen LogP contribution >= 0.6 is 0 Å². The van der Waals surface area contributed by atoms with Gasteiger partial charge in [-0.25, -0.2) is 0 Å². The van der Waals surface area contributed by atoms with Gasteiger partial charge in [0.05, 0.1) is 6.67 Å². The van der Waals surface area contributed by atoms with Crippen LogP contribution < -0.4 is 5.32 Å². The molecule has 0 unspecified atom stereocenters. The first kappa shape index (κ1) is 11.0. The first-order valence-corrected chi connectivity index (χ1v) is 5.21. The van der Waals surface area contributed by atoms with Crippen LogP contribution in [0, 0.1) is 16.7 Å². The molecule has 1 aliphatic rings. The Morgan fingerprint density at radius 3 is 2.08 bits per heavy atom. The van der Waals surface area contributed by atoms with Crippen LogP contribution in [0.5, 0.6) is 0 Å². The van der Waals surface area contributed by atoms with Gasteiger partial charge in [0.25, 0.3) is 0 Å². The first-order valence-electron chi connectivity index (χ1n) is 5.21. The van der Waals surface area contributed by atoms with Gasteiger partial charge >= 0.3 is 0 Å². The monoisotopic (exact) mass is 187 g/mol. The molecule has 78 valence electrons. The smallest absolute Gasteiger partial charge is 0.0906 e. The Kier molecular flexibility index (Phi) is 3.01. The Morgan fingerprint density at radius 1 is 1.15 bits per heavy atom. The molecule has 1 aliphatic carbocycles. The van der Waals surface area contributed by atoms with E-state index in [0.29, 0.717) is 17.3 Å². The van der Waals surface area contributed by atoms with Crippen molar-refractivity contribution in [2.75, 3.05) is 19.8 Å². The standard InChI is InChI=1S/C11H22FN/c1-10(2)9(11(10,3)4)8-13-7-5-6-12/h9,13H,5-8H2,1-4H3. The zero-order valence-electron chi connectivity index (χ0n) is 9.28. The molecule has 0 bridgehead atoms. The van der Waals surface area contributed by atoms with Crippen molar-refractivity contribution in [3.8, 4) is 0 Å².